The Labute approximate surface area is 276 Å². The fourth-order valence-electron chi connectivity index (χ4n) is 4.43. The maximum Gasteiger partial charge on any atom is 4.00 e. The van der Waals surface area contributed by atoms with Gasteiger partial charge in [-0.3, -0.25) is 0 Å². The summed E-state index contributed by atoms with van der Waals surface area (Å²) in [6, 6.07) is 46.8. The van der Waals surface area contributed by atoms with Gasteiger partial charge in [-0.1, -0.05) is 87.3 Å². The third kappa shape index (κ3) is 12.4. The smallest absolute Gasteiger partial charge is 0.343 e. The molecule has 0 radical (unpaired) electrons. The van der Waals surface area contributed by atoms with Crippen LogP contribution in [0.3, 0.4) is 0 Å². The first kappa shape index (κ1) is 35.1. The largest absolute Gasteiger partial charge is 4.00 e. The van der Waals surface area contributed by atoms with E-state index in [0.717, 1.165) is 19.3 Å². The van der Waals surface area contributed by atoms with E-state index in [2.05, 4.69) is 168 Å². The van der Waals surface area contributed by atoms with Crippen molar-refractivity contribution in [2.75, 3.05) is 0 Å². The Hall–Kier alpha value is -3.06. The summed E-state index contributed by atoms with van der Waals surface area (Å²) in [6.07, 6.45) is 6.83. The second kappa shape index (κ2) is 20.0. The average molecular weight is 644 g/mol. The van der Waals surface area contributed by atoms with Gasteiger partial charge in [0.05, 0.1) is 0 Å². The summed E-state index contributed by atoms with van der Waals surface area (Å²) >= 11 is 0. The monoisotopic (exact) mass is 642 g/mol. The molecule has 2 heteroatoms. The molecule has 6 aromatic rings. The van der Waals surface area contributed by atoms with E-state index in [1.54, 1.807) is 0 Å². The topological polar surface area (TPSA) is 0 Å². The first-order valence-electron chi connectivity index (χ1n) is 14.6. The molecule has 42 heavy (non-hydrogen) atoms. The van der Waals surface area contributed by atoms with Gasteiger partial charge in [-0.15, -0.1) is 93.3 Å². The normalized spacial score (nSPS) is 9.71. The number of fused-ring (bicyclic) bond motifs is 2. The number of unbranched alkanes of at least 4 members (excludes halogenated alkanes) is 1. The van der Waals surface area contributed by atoms with Crippen LogP contribution in [0.2, 0.25) is 0 Å². The summed E-state index contributed by atoms with van der Waals surface area (Å²) in [6.45, 7) is 9.97. The van der Waals surface area contributed by atoms with Crippen molar-refractivity contribution in [2.45, 2.75) is 46.5 Å². The van der Waals surface area contributed by atoms with Crippen molar-refractivity contribution in [3.63, 3.8) is 0 Å². The Balaban J connectivity index is 0.000000213. The third-order valence-corrected chi connectivity index (χ3v) is 7.45. The summed E-state index contributed by atoms with van der Waals surface area (Å²) < 4.78 is 0. The molecule has 0 aliphatic carbocycles. The van der Waals surface area contributed by atoms with Crippen molar-refractivity contribution in [1.82, 2.24) is 0 Å². The Morgan fingerprint density at radius 1 is 0.690 bits per heavy atom. The first-order valence-corrected chi connectivity index (χ1v) is 15.4. The number of aryl methyl sites for hydroxylation is 2. The van der Waals surface area contributed by atoms with Gasteiger partial charge in [0.15, 0.2) is 0 Å². The van der Waals surface area contributed by atoms with Gasteiger partial charge in [-0.25, -0.2) is 0 Å². The predicted molar refractivity (Wildman–Crippen MR) is 187 cm³/mol. The van der Waals surface area contributed by atoms with Crippen molar-refractivity contribution >= 4 is 36.6 Å². The summed E-state index contributed by atoms with van der Waals surface area (Å²) in [5.74, 6) is 0. The first-order chi connectivity index (χ1) is 20.0. The van der Waals surface area contributed by atoms with Crippen LogP contribution >= 0.6 is 0 Å². The van der Waals surface area contributed by atoms with Crippen molar-refractivity contribution in [3.05, 3.63) is 169 Å². The number of hydrogen-bond donors (Lipinski definition) is 0. The van der Waals surface area contributed by atoms with E-state index in [9.17, 15) is 0 Å². The van der Waals surface area contributed by atoms with E-state index in [1.165, 1.54) is 55.4 Å². The van der Waals surface area contributed by atoms with E-state index < -0.39 is 0 Å². The molecule has 0 aliphatic rings. The van der Waals surface area contributed by atoms with Crippen LogP contribution in [0.1, 0.15) is 54.9 Å². The van der Waals surface area contributed by atoms with Crippen molar-refractivity contribution in [3.8, 4) is 0 Å². The van der Waals surface area contributed by atoms with Gasteiger partial charge in [-0.2, -0.15) is 42.7 Å². The summed E-state index contributed by atoms with van der Waals surface area (Å²) in [5, 5.41) is 6.87. The predicted octanol–water partition coefficient (Wildman–Crippen LogP) is 10.2. The molecular weight excluding hydrogens is 600 g/mol. The van der Waals surface area contributed by atoms with Gasteiger partial charge < -0.3 is 6.92 Å². The van der Waals surface area contributed by atoms with Crippen LogP contribution in [-0.2, 0) is 26.2 Å². The molecule has 0 saturated carbocycles. The van der Waals surface area contributed by atoms with Gasteiger partial charge in [0.25, 0.3) is 0 Å². The van der Waals surface area contributed by atoms with Crippen LogP contribution in [0.5, 0.6) is 0 Å². The maximum absolute atomic E-state index is 3.60. The van der Waals surface area contributed by atoms with Gasteiger partial charge in [0.1, 0.15) is 0 Å². The molecule has 0 unspecified atom stereocenters. The van der Waals surface area contributed by atoms with Gasteiger partial charge in [0, 0.05) is 0 Å². The van der Waals surface area contributed by atoms with E-state index in [-0.39, 0.29) is 26.2 Å². The van der Waals surface area contributed by atoms with Crippen LogP contribution in [0.25, 0.3) is 21.5 Å². The molecule has 0 atom stereocenters. The van der Waals surface area contributed by atoms with Crippen LogP contribution < -0.4 is 0 Å². The Morgan fingerprint density at radius 3 is 1.57 bits per heavy atom. The van der Waals surface area contributed by atoms with Crippen LogP contribution in [0.15, 0.2) is 133 Å². The molecular formula is C40H44SiZr. The molecule has 0 nitrogen and oxygen atoms in total. The minimum Gasteiger partial charge on any atom is -0.343 e. The molecule has 0 N–H and O–H groups in total. The van der Waals surface area contributed by atoms with E-state index in [4.69, 9.17) is 0 Å². The van der Waals surface area contributed by atoms with Gasteiger partial charge in [0.2, 0.25) is 0 Å². The Bertz CT molecular complexity index is 1420. The molecule has 0 aliphatic heterocycles. The standard InChI is InChI=1S/C16H17Si.2C10H9.C4H9.Zr/c17-16(15-11-5-2-6-12-15)13-7-10-14-8-3-1-4-9-14;2*1-8-6-9-4-2-3-5-10(9)7-8;1-3-4-2;/h1-6,8-12H,7,13,17H2;2*2-7H,1H3;1,3-4H2,2H3;/q4*-1;+4. The Morgan fingerprint density at radius 2 is 1.12 bits per heavy atom. The number of rotatable bonds is 6. The van der Waals surface area contributed by atoms with Crippen molar-refractivity contribution < 1.29 is 26.2 Å². The van der Waals surface area contributed by atoms with E-state index in [1.807, 2.05) is 9.85 Å². The van der Waals surface area contributed by atoms with Gasteiger partial charge >= 0.3 is 26.2 Å². The molecule has 0 aromatic heterocycles. The van der Waals surface area contributed by atoms with E-state index >= 15 is 0 Å². The minimum atomic E-state index is 0. The van der Waals surface area contributed by atoms with Crippen molar-refractivity contribution in [2.24, 2.45) is 0 Å². The van der Waals surface area contributed by atoms with Gasteiger partial charge in [-0.05, 0) is 21.8 Å². The molecule has 0 amide bonds. The summed E-state index contributed by atoms with van der Waals surface area (Å²) in [7, 11) is 2.00. The number of benzene rings is 4. The summed E-state index contributed by atoms with van der Waals surface area (Å²) in [5.41, 5.74) is 5.38. The fourth-order valence-corrected chi connectivity index (χ4v) is 4.87. The molecule has 6 aromatic carbocycles. The molecule has 0 fully saturated rings. The molecule has 212 valence electrons. The molecule has 0 bridgehead atoms. The van der Waals surface area contributed by atoms with E-state index in [0.29, 0.717) is 0 Å². The fraction of sp³-hybridized carbons (Fsp3) is 0.175. The number of hydrogen-bond acceptors (Lipinski definition) is 0. The van der Waals surface area contributed by atoms with Crippen LogP contribution in [-0.4, -0.2) is 15.0 Å². The SMILES string of the molecule is Cc1cc2ccccc2[cH-]1.Cc1cc2ccccc2[cH-]1.[CH2-]CCC.[SiH2]=C(CC[CH-]c1ccccc1)c1ccccc1.[Zr+4]. The maximum atomic E-state index is 3.60. The molecule has 0 heterocycles. The zero-order valence-corrected chi connectivity index (χ0v) is 29.4. The van der Waals surface area contributed by atoms with Crippen molar-refractivity contribution in [1.29, 1.82) is 0 Å². The third-order valence-electron chi connectivity index (χ3n) is 6.69. The molecule has 0 spiro atoms. The Kier molecular flexibility index (Phi) is 16.7. The minimum absolute atomic E-state index is 0. The second-order valence-corrected chi connectivity index (χ2v) is 11.2. The molecule has 6 rings (SSSR count). The molecule has 0 saturated heterocycles. The average Bonchev–Trinajstić information content (AvgIpc) is 3.59. The summed E-state index contributed by atoms with van der Waals surface area (Å²) in [4.78, 5) is 0. The van der Waals surface area contributed by atoms with Crippen LogP contribution in [0, 0.1) is 27.2 Å². The zero-order valence-electron chi connectivity index (χ0n) is 25.5. The van der Waals surface area contributed by atoms with Crippen LogP contribution in [0.4, 0.5) is 0 Å². The second-order valence-electron chi connectivity index (χ2n) is 10.3. The quantitative estimate of drug-likeness (QED) is 0.125. The zero-order chi connectivity index (χ0) is 29.3.